The molecular weight excluding hydrogens is 293 g/mol. The molecule has 0 radical (unpaired) electrons. The van der Waals surface area contributed by atoms with Crippen molar-refractivity contribution in [1.29, 1.82) is 0 Å². The summed E-state index contributed by atoms with van der Waals surface area (Å²) in [7, 11) is 0. The maximum atomic E-state index is 13.4. The van der Waals surface area contributed by atoms with Crippen LogP contribution < -0.4 is 10.1 Å². The number of hydrogen-bond donors (Lipinski definition) is 1. The van der Waals surface area contributed by atoms with Crippen molar-refractivity contribution >= 4 is 23.2 Å². The SMILES string of the molecule is CCc1cc(OCC(=O)Nc2ccccc2F)ccc1Cl. The molecule has 5 heteroatoms. The highest BCUT2D eigenvalue weighted by molar-refractivity contribution is 6.31. The zero-order valence-electron chi connectivity index (χ0n) is 11.5. The highest BCUT2D eigenvalue weighted by atomic mass is 35.5. The number of amides is 1. The lowest BCUT2D eigenvalue weighted by atomic mass is 10.1. The number of rotatable bonds is 5. The lowest BCUT2D eigenvalue weighted by Gasteiger charge is -2.09. The summed E-state index contributed by atoms with van der Waals surface area (Å²) in [4.78, 5) is 11.7. The monoisotopic (exact) mass is 307 g/mol. The van der Waals surface area contributed by atoms with Crippen molar-refractivity contribution in [2.45, 2.75) is 13.3 Å². The molecule has 0 bridgehead atoms. The van der Waals surface area contributed by atoms with E-state index in [1.54, 1.807) is 30.3 Å². The second kappa shape index (κ2) is 7.09. The maximum Gasteiger partial charge on any atom is 0.262 e. The van der Waals surface area contributed by atoms with Gasteiger partial charge in [0.15, 0.2) is 6.61 Å². The molecule has 0 unspecified atom stereocenters. The fourth-order valence-electron chi connectivity index (χ4n) is 1.81. The Morgan fingerprint density at radius 2 is 2.05 bits per heavy atom. The Hall–Kier alpha value is -2.07. The van der Waals surface area contributed by atoms with Crippen LogP contribution in [-0.2, 0) is 11.2 Å². The third kappa shape index (κ3) is 4.20. The van der Waals surface area contributed by atoms with Gasteiger partial charge >= 0.3 is 0 Å². The molecule has 1 amide bonds. The van der Waals surface area contributed by atoms with Gasteiger partial charge in [-0.2, -0.15) is 0 Å². The predicted octanol–water partition coefficient (Wildman–Crippen LogP) is 4.06. The van der Waals surface area contributed by atoms with Crippen molar-refractivity contribution < 1.29 is 13.9 Å². The topological polar surface area (TPSA) is 38.3 Å². The summed E-state index contributed by atoms with van der Waals surface area (Å²) in [5, 5.41) is 3.12. The molecule has 0 atom stereocenters. The summed E-state index contributed by atoms with van der Waals surface area (Å²) in [5.74, 6) is -0.348. The number of carbonyl (C=O) groups excluding carboxylic acids is 1. The Bertz CT molecular complexity index is 646. The molecule has 0 spiro atoms. The molecule has 0 aromatic heterocycles. The van der Waals surface area contributed by atoms with E-state index in [2.05, 4.69) is 5.32 Å². The van der Waals surface area contributed by atoms with Crippen molar-refractivity contribution in [2.75, 3.05) is 11.9 Å². The molecule has 110 valence electrons. The lowest BCUT2D eigenvalue weighted by Crippen LogP contribution is -2.20. The standard InChI is InChI=1S/C16H15ClFNO2/c1-2-11-9-12(7-8-13(11)17)21-10-16(20)19-15-6-4-3-5-14(15)18/h3-9H,2,10H2,1H3,(H,19,20). The second-order valence-electron chi connectivity index (χ2n) is 4.42. The molecule has 0 aliphatic rings. The van der Waals surface area contributed by atoms with Crippen LogP contribution in [0.3, 0.4) is 0 Å². The van der Waals surface area contributed by atoms with Crippen LogP contribution in [0.2, 0.25) is 5.02 Å². The van der Waals surface area contributed by atoms with Gasteiger partial charge in [-0.1, -0.05) is 30.7 Å². The van der Waals surface area contributed by atoms with E-state index in [1.165, 1.54) is 12.1 Å². The van der Waals surface area contributed by atoms with E-state index in [0.29, 0.717) is 10.8 Å². The first-order valence-corrected chi connectivity index (χ1v) is 6.93. The van der Waals surface area contributed by atoms with Gasteiger partial charge in [0.25, 0.3) is 5.91 Å². The fraction of sp³-hybridized carbons (Fsp3) is 0.188. The minimum atomic E-state index is -0.481. The molecule has 0 aliphatic carbocycles. The number of ether oxygens (including phenoxy) is 1. The van der Waals surface area contributed by atoms with Crippen molar-refractivity contribution in [1.82, 2.24) is 0 Å². The number of anilines is 1. The number of halogens is 2. The smallest absolute Gasteiger partial charge is 0.262 e. The van der Waals surface area contributed by atoms with Crippen LogP contribution in [0.15, 0.2) is 42.5 Å². The molecule has 21 heavy (non-hydrogen) atoms. The Morgan fingerprint density at radius 1 is 1.29 bits per heavy atom. The lowest BCUT2D eigenvalue weighted by molar-refractivity contribution is -0.118. The molecule has 2 aromatic rings. The van der Waals surface area contributed by atoms with Crippen LogP contribution in [0.5, 0.6) is 5.75 Å². The summed E-state index contributed by atoms with van der Waals surface area (Å²) in [5.41, 5.74) is 1.08. The van der Waals surface area contributed by atoms with Gasteiger partial charge in [0.2, 0.25) is 0 Å². The highest BCUT2D eigenvalue weighted by Gasteiger charge is 2.08. The minimum Gasteiger partial charge on any atom is -0.484 e. The summed E-state index contributed by atoms with van der Waals surface area (Å²) < 4.78 is 18.8. The molecule has 0 aliphatic heterocycles. The molecular formula is C16H15ClFNO2. The molecule has 0 fully saturated rings. The van der Waals surface area contributed by atoms with Crippen molar-refractivity contribution in [3.8, 4) is 5.75 Å². The quantitative estimate of drug-likeness (QED) is 0.904. The van der Waals surface area contributed by atoms with Crippen LogP contribution >= 0.6 is 11.6 Å². The molecule has 0 saturated carbocycles. The molecule has 1 N–H and O–H groups in total. The fourth-order valence-corrected chi connectivity index (χ4v) is 2.06. The molecule has 2 rings (SSSR count). The van der Waals surface area contributed by atoms with E-state index in [-0.39, 0.29) is 12.3 Å². The first-order valence-electron chi connectivity index (χ1n) is 6.55. The summed E-state index contributed by atoms with van der Waals surface area (Å²) >= 11 is 6.01. The van der Waals surface area contributed by atoms with Gasteiger partial charge in [0, 0.05) is 5.02 Å². The highest BCUT2D eigenvalue weighted by Crippen LogP contribution is 2.22. The van der Waals surface area contributed by atoms with E-state index in [0.717, 1.165) is 12.0 Å². The van der Waals surface area contributed by atoms with Gasteiger partial charge in [-0.25, -0.2) is 4.39 Å². The largest absolute Gasteiger partial charge is 0.484 e. The predicted molar refractivity (Wildman–Crippen MR) is 81.4 cm³/mol. The number of para-hydroxylation sites is 1. The molecule has 3 nitrogen and oxygen atoms in total. The minimum absolute atomic E-state index is 0.136. The van der Waals surface area contributed by atoms with E-state index < -0.39 is 11.7 Å². The third-order valence-corrected chi connectivity index (χ3v) is 3.28. The first-order chi connectivity index (χ1) is 10.1. The van der Waals surface area contributed by atoms with Gasteiger partial charge in [-0.15, -0.1) is 0 Å². The molecule has 2 aromatic carbocycles. The number of benzene rings is 2. The second-order valence-corrected chi connectivity index (χ2v) is 4.83. The van der Waals surface area contributed by atoms with Crippen LogP contribution in [0.1, 0.15) is 12.5 Å². The van der Waals surface area contributed by atoms with E-state index in [4.69, 9.17) is 16.3 Å². The van der Waals surface area contributed by atoms with Crippen LogP contribution in [0.25, 0.3) is 0 Å². The van der Waals surface area contributed by atoms with E-state index in [1.807, 2.05) is 6.92 Å². The summed E-state index contributed by atoms with van der Waals surface area (Å²) in [6.07, 6.45) is 0.775. The normalized spacial score (nSPS) is 10.2. The zero-order chi connectivity index (χ0) is 15.2. The van der Waals surface area contributed by atoms with Crippen molar-refractivity contribution in [2.24, 2.45) is 0 Å². The van der Waals surface area contributed by atoms with Gasteiger partial charge in [0.1, 0.15) is 11.6 Å². The van der Waals surface area contributed by atoms with E-state index >= 15 is 0 Å². The zero-order valence-corrected chi connectivity index (χ0v) is 12.3. The van der Waals surface area contributed by atoms with Gasteiger partial charge in [0.05, 0.1) is 5.69 Å². The number of aryl methyl sites for hydroxylation is 1. The van der Waals surface area contributed by atoms with Crippen LogP contribution in [0, 0.1) is 5.82 Å². The number of carbonyl (C=O) groups is 1. The van der Waals surface area contributed by atoms with Gasteiger partial charge in [-0.05, 0) is 42.3 Å². The van der Waals surface area contributed by atoms with Crippen molar-refractivity contribution in [3.05, 3.63) is 58.9 Å². The molecule has 0 saturated heterocycles. The Morgan fingerprint density at radius 3 is 2.76 bits per heavy atom. The Balaban J connectivity index is 1.94. The number of nitrogens with one attached hydrogen (secondary N) is 1. The molecule has 0 heterocycles. The number of hydrogen-bond acceptors (Lipinski definition) is 2. The van der Waals surface area contributed by atoms with Gasteiger partial charge in [-0.3, -0.25) is 4.79 Å². The van der Waals surface area contributed by atoms with Crippen LogP contribution in [-0.4, -0.2) is 12.5 Å². The van der Waals surface area contributed by atoms with Crippen LogP contribution in [0.4, 0.5) is 10.1 Å². The summed E-state index contributed by atoms with van der Waals surface area (Å²) in [6, 6.07) is 11.2. The van der Waals surface area contributed by atoms with Gasteiger partial charge < -0.3 is 10.1 Å². The maximum absolute atomic E-state index is 13.4. The third-order valence-electron chi connectivity index (χ3n) is 2.92. The Labute approximate surface area is 127 Å². The average molecular weight is 308 g/mol. The first kappa shape index (κ1) is 15.3. The van der Waals surface area contributed by atoms with E-state index in [9.17, 15) is 9.18 Å². The Kier molecular flexibility index (Phi) is 5.17. The average Bonchev–Trinajstić information content (AvgIpc) is 2.49. The summed E-state index contributed by atoms with van der Waals surface area (Å²) in [6.45, 7) is 1.79. The van der Waals surface area contributed by atoms with Crippen molar-refractivity contribution in [3.63, 3.8) is 0 Å².